The van der Waals surface area contributed by atoms with Gasteiger partial charge in [0, 0.05) is 30.4 Å². The van der Waals surface area contributed by atoms with Crippen molar-refractivity contribution < 1.29 is 4.79 Å². The summed E-state index contributed by atoms with van der Waals surface area (Å²) >= 11 is 1.67. The number of aromatic nitrogens is 4. The van der Waals surface area contributed by atoms with Gasteiger partial charge >= 0.3 is 0 Å². The number of carbonyl (C=O) groups is 1. The predicted octanol–water partition coefficient (Wildman–Crippen LogP) is 4.06. The van der Waals surface area contributed by atoms with Crippen molar-refractivity contribution in [1.29, 1.82) is 0 Å². The molecule has 0 atom stereocenters. The number of thioether (sulfide) groups is 1. The number of nitrogens with one attached hydrogen (secondary N) is 1. The first-order valence-electron chi connectivity index (χ1n) is 11.0. The lowest BCUT2D eigenvalue weighted by Crippen LogP contribution is -2.30. The highest BCUT2D eigenvalue weighted by molar-refractivity contribution is 7.99. The third kappa shape index (κ3) is 5.18. The number of hydrogen-bond donors (Lipinski definition) is 1. The molecule has 3 heterocycles. The van der Waals surface area contributed by atoms with E-state index in [1.165, 1.54) is 19.3 Å². The summed E-state index contributed by atoms with van der Waals surface area (Å²) in [6, 6.07) is 7.59. The molecule has 1 aromatic carbocycles. The molecule has 1 aliphatic rings. The van der Waals surface area contributed by atoms with Crippen molar-refractivity contribution >= 4 is 34.5 Å². The molecule has 8 heteroatoms. The number of benzene rings is 1. The first-order chi connectivity index (χ1) is 15.0. The molecule has 1 amide bonds. The minimum absolute atomic E-state index is 0.0730. The zero-order valence-electron chi connectivity index (χ0n) is 18.5. The van der Waals surface area contributed by atoms with Crippen LogP contribution in [0.2, 0.25) is 0 Å². The van der Waals surface area contributed by atoms with Gasteiger partial charge in [-0.1, -0.05) is 43.3 Å². The lowest BCUT2D eigenvalue weighted by Gasteiger charge is -2.28. The van der Waals surface area contributed by atoms with Gasteiger partial charge in [0.15, 0.2) is 10.8 Å². The van der Waals surface area contributed by atoms with Crippen LogP contribution in [0.15, 0.2) is 35.6 Å². The zero-order chi connectivity index (χ0) is 21.8. The van der Waals surface area contributed by atoms with Crippen molar-refractivity contribution in [3.8, 4) is 0 Å². The van der Waals surface area contributed by atoms with E-state index >= 15 is 0 Å². The van der Waals surface area contributed by atoms with Crippen LogP contribution in [0.1, 0.15) is 49.0 Å². The van der Waals surface area contributed by atoms with Crippen molar-refractivity contribution in [1.82, 2.24) is 25.1 Å². The largest absolute Gasteiger partial charge is 0.356 e. The predicted molar refractivity (Wildman–Crippen MR) is 126 cm³/mol. The van der Waals surface area contributed by atoms with E-state index in [0.29, 0.717) is 23.9 Å². The Labute approximate surface area is 187 Å². The van der Waals surface area contributed by atoms with Crippen LogP contribution in [0.3, 0.4) is 0 Å². The number of rotatable bonds is 7. The van der Waals surface area contributed by atoms with Gasteiger partial charge in [0.1, 0.15) is 5.82 Å². The van der Waals surface area contributed by atoms with Crippen LogP contribution in [-0.4, -0.2) is 50.5 Å². The summed E-state index contributed by atoms with van der Waals surface area (Å²) in [6.45, 7) is 9.40. The number of anilines is 1. The maximum absolute atomic E-state index is 12.4. The molecule has 1 fully saturated rings. The van der Waals surface area contributed by atoms with Gasteiger partial charge in [-0.2, -0.15) is 5.10 Å². The van der Waals surface area contributed by atoms with E-state index in [4.69, 9.17) is 9.97 Å². The molecule has 7 nitrogen and oxygen atoms in total. The molecule has 31 heavy (non-hydrogen) atoms. The van der Waals surface area contributed by atoms with E-state index in [9.17, 15) is 4.79 Å². The number of fused-ring (bicyclic) bond motifs is 1. The van der Waals surface area contributed by atoms with Crippen LogP contribution in [0.4, 0.5) is 5.82 Å². The van der Waals surface area contributed by atoms with Gasteiger partial charge in [-0.05, 0) is 38.3 Å². The fourth-order valence-electron chi connectivity index (χ4n) is 3.78. The lowest BCUT2D eigenvalue weighted by atomic mass is 10.1. The number of amides is 1. The van der Waals surface area contributed by atoms with Gasteiger partial charge in [-0.25, -0.2) is 14.6 Å². The van der Waals surface area contributed by atoms with Crippen LogP contribution in [0, 0.1) is 6.92 Å². The Kier molecular flexibility index (Phi) is 6.75. The summed E-state index contributed by atoms with van der Waals surface area (Å²) < 4.78 is 1.88. The van der Waals surface area contributed by atoms with Crippen LogP contribution < -0.4 is 10.2 Å². The molecule has 2 aromatic heterocycles. The van der Waals surface area contributed by atoms with Gasteiger partial charge in [0.25, 0.3) is 5.91 Å². The second kappa shape index (κ2) is 9.68. The quantitative estimate of drug-likeness (QED) is 0.443. The van der Waals surface area contributed by atoms with E-state index in [1.54, 1.807) is 11.8 Å². The normalized spacial score (nSPS) is 14.4. The van der Waals surface area contributed by atoms with Crippen molar-refractivity contribution in [2.24, 2.45) is 0 Å². The Hall–Kier alpha value is -2.61. The molecule has 1 saturated heterocycles. The Morgan fingerprint density at radius 3 is 2.58 bits per heavy atom. The maximum atomic E-state index is 12.4. The van der Waals surface area contributed by atoms with E-state index in [0.717, 1.165) is 40.7 Å². The average molecular weight is 439 g/mol. The number of carbonyl (C=O) groups excluding carboxylic acids is 1. The lowest BCUT2D eigenvalue weighted by molar-refractivity contribution is 0.0952. The van der Waals surface area contributed by atoms with Crippen molar-refractivity contribution in [3.05, 3.63) is 41.6 Å². The highest BCUT2D eigenvalue weighted by atomic mass is 32.2. The van der Waals surface area contributed by atoms with Crippen LogP contribution in [-0.2, 0) is 6.54 Å². The van der Waals surface area contributed by atoms with Crippen molar-refractivity contribution in [2.75, 3.05) is 24.5 Å². The third-order valence-corrected chi connectivity index (χ3v) is 6.24. The fourth-order valence-corrected chi connectivity index (χ4v) is 4.48. The SMILES string of the molecule is Cc1ccc(C(=O)NCCn2ncc3c(N4CCCCC4)nc(SC(C)C)nc32)cc1. The molecule has 3 aromatic rings. The smallest absolute Gasteiger partial charge is 0.251 e. The van der Waals surface area contributed by atoms with Crippen molar-refractivity contribution in [3.63, 3.8) is 0 Å². The Morgan fingerprint density at radius 2 is 1.87 bits per heavy atom. The topological polar surface area (TPSA) is 75.9 Å². The molecule has 0 aliphatic carbocycles. The Balaban J connectivity index is 1.53. The molecule has 0 unspecified atom stereocenters. The number of nitrogens with zero attached hydrogens (tertiary/aromatic N) is 5. The highest BCUT2D eigenvalue weighted by Crippen LogP contribution is 2.30. The fraction of sp³-hybridized carbons (Fsp3) is 0.478. The standard InChI is InChI=1S/C23H30N6OS/c1-16(2)31-23-26-20(28-12-5-4-6-13-28)19-15-25-29(21(19)27-23)14-11-24-22(30)18-9-7-17(3)8-10-18/h7-10,15-16H,4-6,11-14H2,1-3H3,(H,24,30). The minimum atomic E-state index is -0.0730. The maximum Gasteiger partial charge on any atom is 0.251 e. The Morgan fingerprint density at radius 1 is 1.13 bits per heavy atom. The van der Waals surface area contributed by atoms with E-state index in [-0.39, 0.29) is 5.91 Å². The minimum Gasteiger partial charge on any atom is -0.356 e. The number of aryl methyl sites for hydroxylation is 1. The molecule has 0 spiro atoms. The Bertz CT molecular complexity index is 1040. The molecule has 0 saturated carbocycles. The summed E-state index contributed by atoms with van der Waals surface area (Å²) in [7, 11) is 0. The monoisotopic (exact) mass is 438 g/mol. The van der Waals surface area contributed by atoms with E-state index in [2.05, 4.69) is 29.2 Å². The van der Waals surface area contributed by atoms with E-state index < -0.39 is 0 Å². The number of piperidine rings is 1. The summed E-state index contributed by atoms with van der Waals surface area (Å²) in [4.78, 5) is 24.5. The van der Waals surface area contributed by atoms with Crippen LogP contribution in [0.5, 0.6) is 0 Å². The first-order valence-corrected chi connectivity index (χ1v) is 11.9. The van der Waals surface area contributed by atoms with Gasteiger partial charge in [-0.15, -0.1) is 0 Å². The molecule has 1 aliphatic heterocycles. The summed E-state index contributed by atoms with van der Waals surface area (Å²) in [5, 5.41) is 9.74. The second-order valence-corrected chi connectivity index (χ2v) is 9.81. The number of hydrogen-bond acceptors (Lipinski definition) is 6. The molecular formula is C23H30N6OS. The first kappa shape index (κ1) is 21.6. The van der Waals surface area contributed by atoms with Gasteiger partial charge < -0.3 is 10.2 Å². The van der Waals surface area contributed by atoms with Crippen molar-refractivity contribution in [2.45, 2.75) is 57.0 Å². The molecule has 164 valence electrons. The van der Waals surface area contributed by atoms with E-state index in [1.807, 2.05) is 42.1 Å². The molecule has 0 radical (unpaired) electrons. The summed E-state index contributed by atoms with van der Waals surface area (Å²) in [5.74, 6) is 0.916. The summed E-state index contributed by atoms with van der Waals surface area (Å²) in [6.07, 6.45) is 5.53. The molecule has 4 rings (SSSR count). The second-order valence-electron chi connectivity index (χ2n) is 8.27. The highest BCUT2D eigenvalue weighted by Gasteiger charge is 2.20. The average Bonchev–Trinajstić information content (AvgIpc) is 3.16. The molecule has 0 bridgehead atoms. The third-order valence-electron chi connectivity index (χ3n) is 5.38. The molecular weight excluding hydrogens is 408 g/mol. The van der Waals surface area contributed by atoms with Gasteiger partial charge in [0.2, 0.25) is 0 Å². The van der Waals surface area contributed by atoms with Crippen LogP contribution in [0.25, 0.3) is 11.0 Å². The van der Waals surface area contributed by atoms with Gasteiger partial charge in [0.05, 0.1) is 18.1 Å². The summed E-state index contributed by atoms with van der Waals surface area (Å²) in [5.41, 5.74) is 2.64. The zero-order valence-corrected chi connectivity index (χ0v) is 19.3. The van der Waals surface area contributed by atoms with Gasteiger partial charge in [-0.3, -0.25) is 4.79 Å². The molecule has 1 N–H and O–H groups in total. The van der Waals surface area contributed by atoms with Crippen LogP contribution >= 0.6 is 11.8 Å².